The van der Waals surface area contributed by atoms with E-state index in [1.807, 2.05) is 30.3 Å². The Labute approximate surface area is 168 Å². The van der Waals surface area contributed by atoms with Gasteiger partial charge in [0.15, 0.2) is 15.8 Å². The molecule has 1 fully saturated rings. The summed E-state index contributed by atoms with van der Waals surface area (Å²) in [6.45, 7) is 0.0752. The minimum absolute atomic E-state index is 0.0752. The number of methoxy groups -OCH3 is 4. The van der Waals surface area contributed by atoms with E-state index in [0.29, 0.717) is 17.2 Å². The Bertz CT molecular complexity index is 898. The summed E-state index contributed by atoms with van der Waals surface area (Å²) in [5.41, 5.74) is 2.70. The van der Waals surface area contributed by atoms with Gasteiger partial charge in [0, 0.05) is 12.7 Å². The second kappa shape index (κ2) is 6.45. The highest BCUT2D eigenvalue weighted by atomic mass is 35.5. The van der Waals surface area contributed by atoms with Crippen LogP contribution >= 0.6 is 23.2 Å². The van der Waals surface area contributed by atoms with Gasteiger partial charge in [-0.1, -0.05) is 47.5 Å². The van der Waals surface area contributed by atoms with Gasteiger partial charge in [-0.2, -0.15) is 0 Å². The van der Waals surface area contributed by atoms with Crippen molar-refractivity contribution >= 4 is 23.2 Å². The highest BCUT2D eigenvalue weighted by Crippen LogP contribution is 2.79. The van der Waals surface area contributed by atoms with Crippen LogP contribution in [-0.2, 0) is 15.1 Å². The first kappa shape index (κ1) is 18.7. The molecule has 144 valence electrons. The third-order valence-corrected chi connectivity index (χ3v) is 6.35. The van der Waals surface area contributed by atoms with Crippen LogP contribution in [0.15, 0.2) is 30.3 Å². The molecule has 2 aromatic carbocycles. The van der Waals surface area contributed by atoms with Gasteiger partial charge in [-0.25, -0.2) is 0 Å². The lowest BCUT2D eigenvalue weighted by Crippen LogP contribution is -2.24. The molecule has 0 amide bonds. The van der Waals surface area contributed by atoms with Crippen molar-refractivity contribution in [3.63, 3.8) is 0 Å². The molecule has 0 aliphatic heterocycles. The van der Waals surface area contributed by atoms with Gasteiger partial charge in [0.25, 0.3) is 0 Å². The summed E-state index contributed by atoms with van der Waals surface area (Å²) in [5, 5.41) is 0. The minimum atomic E-state index is -1.16. The fraction of sp³-hybridized carbons (Fsp3) is 0.400. The molecule has 2 unspecified atom stereocenters. The molecule has 27 heavy (non-hydrogen) atoms. The van der Waals surface area contributed by atoms with Crippen LogP contribution in [0.2, 0.25) is 0 Å². The Kier molecular flexibility index (Phi) is 4.47. The fourth-order valence-electron chi connectivity index (χ4n) is 4.25. The van der Waals surface area contributed by atoms with Gasteiger partial charge in [-0.15, -0.1) is 0 Å². The SMILES string of the molecule is COCOC12c3ccccc3-c3c(cc(OC)c(OC)c3OC)C1C2(Cl)Cl. The second-order valence-corrected chi connectivity index (χ2v) is 7.88. The molecule has 7 heteroatoms. The van der Waals surface area contributed by atoms with Gasteiger partial charge in [-0.3, -0.25) is 0 Å². The van der Waals surface area contributed by atoms with E-state index in [4.69, 9.17) is 46.9 Å². The molecular weight excluding hydrogens is 391 g/mol. The third-order valence-electron chi connectivity index (χ3n) is 5.35. The fourth-order valence-corrected chi connectivity index (χ4v) is 5.21. The van der Waals surface area contributed by atoms with Gasteiger partial charge in [0.05, 0.1) is 27.2 Å². The van der Waals surface area contributed by atoms with Gasteiger partial charge >= 0.3 is 0 Å². The highest BCUT2D eigenvalue weighted by molar-refractivity contribution is 6.53. The van der Waals surface area contributed by atoms with Crippen molar-refractivity contribution in [2.45, 2.75) is 15.9 Å². The number of ether oxygens (including phenoxy) is 5. The first-order chi connectivity index (χ1) is 13.0. The van der Waals surface area contributed by atoms with E-state index in [0.717, 1.165) is 22.3 Å². The zero-order chi connectivity index (χ0) is 19.4. The number of benzene rings is 2. The van der Waals surface area contributed by atoms with E-state index in [2.05, 4.69) is 0 Å². The first-order valence-corrected chi connectivity index (χ1v) is 9.18. The molecule has 5 nitrogen and oxygen atoms in total. The van der Waals surface area contributed by atoms with Crippen LogP contribution in [0.5, 0.6) is 17.2 Å². The minimum Gasteiger partial charge on any atom is -0.493 e. The Hall–Kier alpha value is -1.66. The van der Waals surface area contributed by atoms with Crippen molar-refractivity contribution in [2.75, 3.05) is 35.2 Å². The van der Waals surface area contributed by atoms with Crippen molar-refractivity contribution in [1.82, 2.24) is 0 Å². The Morgan fingerprint density at radius 2 is 1.67 bits per heavy atom. The summed E-state index contributed by atoms with van der Waals surface area (Å²) in [6, 6.07) is 9.76. The van der Waals surface area contributed by atoms with Crippen LogP contribution in [-0.4, -0.2) is 39.6 Å². The van der Waals surface area contributed by atoms with Crippen LogP contribution < -0.4 is 14.2 Å². The maximum atomic E-state index is 6.80. The van der Waals surface area contributed by atoms with E-state index < -0.39 is 9.93 Å². The van der Waals surface area contributed by atoms with Crippen LogP contribution in [0.25, 0.3) is 11.1 Å². The van der Waals surface area contributed by atoms with Crippen molar-refractivity contribution in [3.8, 4) is 28.4 Å². The summed E-state index contributed by atoms with van der Waals surface area (Å²) < 4.78 is 26.9. The molecule has 0 N–H and O–H groups in total. The normalized spacial score (nSPS) is 23.7. The Morgan fingerprint density at radius 1 is 0.963 bits per heavy atom. The zero-order valence-corrected chi connectivity index (χ0v) is 17.0. The molecule has 2 atom stereocenters. The third kappa shape index (κ3) is 2.26. The van der Waals surface area contributed by atoms with Crippen LogP contribution in [0.4, 0.5) is 0 Å². The van der Waals surface area contributed by atoms with Crippen LogP contribution in [0.1, 0.15) is 17.0 Å². The molecule has 0 aromatic heterocycles. The summed E-state index contributed by atoms with van der Waals surface area (Å²) in [5.74, 6) is 1.34. The average Bonchev–Trinajstić information content (AvgIpc) is 3.21. The summed E-state index contributed by atoms with van der Waals surface area (Å²) in [6.07, 6.45) is 0. The van der Waals surface area contributed by atoms with E-state index in [1.54, 1.807) is 28.4 Å². The summed E-state index contributed by atoms with van der Waals surface area (Å²) in [4.78, 5) is 0. The number of fused-ring (bicyclic) bond motifs is 6. The monoisotopic (exact) mass is 410 g/mol. The van der Waals surface area contributed by atoms with Crippen molar-refractivity contribution in [1.29, 1.82) is 0 Å². The largest absolute Gasteiger partial charge is 0.493 e. The number of halogens is 2. The second-order valence-electron chi connectivity index (χ2n) is 6.50. The van der Waals surface area contributed by atoms with Crippen molar-refractivity contribution in [3.05, 3.63) is 41.5 Å². The van der Waals surface area contributed by atoms with Crippen molar-refractivity contribution < 1.29 is 23.7 Å². The van der Waals surface area contributed by atoms with Gasteiger partial charge < -0.3 is 23.7 Å². The standard InChI is InChI=1S/C20H20Cl2O5/c1-23-10-27-19-13-8-6-5-7-11(13)15-12(18(19)20(19,21)22)9-14(24-2)16(25-3)17(15)26-4/h5-9,18H,10H2,1-4H3. The lowest BCUT2D eigenvalue weighted by Gasteiger charge is -2.29. The molecule has 4 rings (SSSR count). The lowest BCUT2D eigenvalue weighted by molar-refractivity contribution is -0.0913. The number of rotatable bonds is 6. The maximum Gasteiger partial charge on any atom is 0.203 e. The predicted molar refractivity (Wildman–Crippen MR) is 103 cm³/mol. The zero-order valence-electron chi connectivity index (χ0n) is 15.5. The number of hydrogen-bond donors (Lipinski definition) is 0. The Balaban J connectivity index is 2.06. The van der Waals surface area contributed by atoms with Gasteiger partial charge in [-0.05, 0) is 22.8 Å². The van der Waals surface area contributed by atoms with Crippen molar-refractivity contribution in [2.24, 2.45) is 0 Å². The van der Waals surface area contributed by atoms with Crippen LogP contribution in [0, 0.1) is 0 Å². The molecule has 0 radical (unpaired) electrons. The molecule has 1 saturated carbocycles. The molecule has 2 aromatic rings. The van der Waals surface area contributed by atoms with Gasteiger partial charge in [0.2, 0.25) is 5.75 Å². The summed E-state index contributed by atoms with van der Waals surface area (Å²) in [7, 11) is 6.33. The van der Waals surface area contributed by atoms with Gasteiger partial charge in [0.1, 0.15) is 12.4 Å². The van der Waals surface area contributed by atoms with E-state index in [1.165, 1.54) is 0 Å². The van der Waals surface area contributed by atoms with E-state index in [9.17, 15) is 0 Å². The number of alkyl halides is 2. The first-order valence-electron chi connectivity index (χ1n) is 8.43. The number of hydrogen-bond acceptors (Lipinski definition) is 5. The molecular formula is C20H20Cl2O5. The molecule has 0 heterocycles. The highest BCUT2D eigenvalue weighted by Gasteiger charge is 2.81. The topological polar surface area (TPSA) is 46.2 Å². The summed E-state index contributed by atoms with van der Waals surface area (Å²) >= 11 is 13.6. The van der Waals surface area contributed by atoms with E-state index in [-0.39, 0.29) is 12.7 Å². The molecule has 0 bridgehead atoms. The molecule has 2 aliphatic carbocycles. The average molecular weight is 411 g/mol. The quantitative estimate of drug-likeness (QED) is 0.518. The predicted octanol–water partition coefficient (Wildman–Crippen LogP) is 4.48. The maximum absolute atomic E-state index is 6.80. The van der Waals surface area contributed by atoms with Crippen LogP contribution in [0.3, 0.4) is 0 Å². The van der Waals surface area contributed by atoms with E-state index >= 15 is 0 Å². The molecule has 2 aliphatic rings. The molecule has 0 spiro atoms. The molecule has 0 saturated heterocycles. The smallest absolute Gasteiger partial charge is 0.203 e. The Morgan fingerprint density at radius 3 is 2.30 bits per heavy atom. The lowest BCUT2D eigenvalue weighted by atomic mass is 9.83.